The van der Waals surface area contributed by atoms with Crippen LogP contribution in [-0.4, -0.2) is 54.8 Å². The van der Waals surface area contributed by atoms with Crippen LogP contribution in [0, 0.1) is 13.8 Å². The first-order valence-corrected chi connectivity index (χ1v) is 9.83. The number of nitrogens with one attached hydrogen (secondary N) is 2. The van der Waals surface area contributed by atoms with Gasteiger partial charge in [0, 0.05) is 19.0 Å². The summed E-state index contributed by atoms with van der Waals surface area (Å²) in [6.07, 6.45) is 1.88. The molecule has 3 heterocycles. The number of piperidine rings is 1. The molecule has 2 N–H and O–H groups in total. The number of carbonyl (C=O) groups excluding carboxylic acids is 1. The Morgan fingerprint density at radius 1 is 1.27 bits per heavy atom. The molecule has 1 aromatic carbocycles. The predicted molar refractivity (Wildman–Crippen MR) is 101 cm³/mol. The van der Waals surface area contributed by atoms with Crippen molar-refractivity contribution in [3.63, 3.8) is 0 Å². The zero-order valence-corrected chi connectivity index (χ0v) is 15.8. The maximum absolute atomic E-state index is 12.4. The quantitative estimate of drug-likeness (QED) is 0.689. The first-order chi connectivity index (χ1) is 12.6. The molecule has 1 saturated heterocycles. The van der Waals surface area contributed by atoms with E-state index in [1.807, 2.05) is 17.9 Å². The van der Waals surface area contributed by atoms with Crippen LogP contribution in [-0.2, 0) is 4.79 Å². The van der Waals surface area contributed by atoms with Gasteiger partial charge in [0.1, 0.15) is 11.6 Å². The van der Waals surface area contributed by atoms with Crippen LogP contribution >= 0.6 is 11.8 Å². The van der Waals surface area contributed by atoms with E-state index in [0.29, 0.717) is 16.8 Å². The second-order valence-corrected chi connectivity index (χ2v) is 7.68. The molecular formula is C18H22N6OS. The van der Waals surface area contributed by atoms with Crippen LogP contribution < -0.4 is 0 Å². The molecule has 0 radical (unpaired) electrons. The monoisotopic (exact) mass is 370 g/mol. The number of imidazole rings is 1. The summed E-state index contributed by atoms with van der Waals surface area (Å²) in [6.45, 7) is 5.48. The summed E-state index contributed by atoms with van der Waals surface area (Å²) in [5, 5.41) is 7.48. The van der Waals surface area contributed by atoms with E-state index < -0.39 is 0 Å². The highest BCUT2D eigenvalue weighted by molar-refractivity contribution is 7.99. The number of aromatic amines is 2. The van der Waals surface area contributed by atoms with Gasteiger partial charge in [-0.2, -0.15) is 0 Å². The first-order valence-electron chi connectivity index (χ1n) is 8.85. The minimum atomic E-state index is 0.149. The smallest absolute Gasteiger partial charge is 0.233 e. The molecule has 136 valence electrons. The van der Waals surface area contributed by atoms with E-state index in [1.165, 1.54) is 17.3 Å². The van der Waals surface area contributed by atoms with Gasteiger partial charge in [-0.25, -0.2) is 9.97 Å². The lowest BCUT2D eigenvalue weighted by Gasteiger charge is -2.31. The molecule has 7 nitrogen and oxygen atoms in total. The molecular weight excluding hydrogens is 348 g/mol. The van der Waals surface area contributed by atoms with Crippen molar-refractivity contribution in [3.05, 3.63) is 35.4 Å². The van der Waals surface area contributed by atoms with Gasteiger partial charge in [-0.3, -0.25) is 9.89 Å². The minimum absolute atomic E-state index is 0.149. The van der Waals surface area contributed by atoms with E-state index >= 15 is 0 Å². The Hall–Kier alpha value is -2.35. The van der Waals surface area contributed by atoms with Gasteiger partial charge >= 0.3 is 0 Å². The second kappa shape index (κ2) is 7.11. The molecule has 0 unspecified atom stereocenters. The molecule has 3 aromatic rings. The third-order valence-corrected chi connectivity index (χ3v) is 5.70. The summed E-state index contributed by atoms with van der Waals surface area (Å²) in [7, 11) is 0. The van der Waals surface area contributed by atoms with Gasteiger partial charge in [0.2, 0.25) is 11.1 Å². The van der Waals surface area contributed by atoms with Gasteiger partial charge in [0.05, 0.1) is 16.8 Å². The molecule has 1 aliphatic rings. The Kier molecular flexibility index (Phi) is 4.67. The summed E-state index contributed by atoms with van der Waals surface area (Å²) >= 11 is 1.38. The van der Waals surface area contributed by atoms with Crippen LogP contribution in [0.3, 0.4) is 0 Å². The van der Waals surface area contributed by atoms with E-state index in [1.54, 1.807) is 0 Å². The number of aryl methyl sites for hydroxylation is 2. The molecule has 2 aromatic heterocycles. The van der Waals surface area contributed by atoms with Crippen molar-refractivity contribution in [2.45, 2.75) is 37.8 Å². The predicted octanol–water partition coefficient (Wildman–Crippen LogP) is 2.80. The van der Waals surface area contributed by atoms with Crippen LogP contribution in [0.2, 0.25) is 0 Å². The summed E-state index contributed by atoms with van der Waals surface area (Å²) in [5.74, 6) is 2.73. The van der Waals surface area contributed by atoms with Crippen LogP contribution in [0.1, 0.15) is 36.0 Å². The molecule has 1 aliphatic heterocycles. The number of likely N-dealkylation sites (tertiary alicyclic amines) is 1. The third-order valence-electron chi connectivity index (χ3n) is 4.87. The number of hydrogen-bond donors (Lipinski definition) is 2. The number of thioether (sulfide) groups is 1. The zero-order chi connectivity index (χ0) is 18.1. The molecule has 0 spiro atoms. The van der Waals surface area contributed by atoms with Crippen molar-refractivity contribution < 1.29 is 4.79 Å². The number of nitrogens with zero attached hydrogens (tertiary/aromatic N) is 4. The zero-order valence-electron chi connectivity index (χ0n) is 15.0. The van der Waals surface area contributed by atoms with Crippen molar-refractivity contribution in [2.75, 3.05) is 18.8 Å². The van der Waals surface area contributed by atoms with Gasteiger partial charge in [-0.1, -0.05) is 23.9 Å². The Labute approximate surface area is 156 Å². The minimum Gasteiger partial charge on any atom is -0.342 e. The molecule has 0 bridgehead atoms. The van der Waals surface area contributed by atoms with E-state index in [9.17, 15) is 4.79 Å². The van der Waals surface area contributed by atoms with E-state index in [4.69, 9.17) is 4.98 Å². The highest BCUT2D eigenvalue weighted by Crippen LogP contribution is 2.29. The fraction of sp³-hybridized carbons (Fsp3) is 0.444. The Bertz CT molecular complexity index is 925. The molecule has 26 heavy (non-hydrogen) atoms. The van der Waals surface area contributed by atoms with Gasteiger partial charge in [-0.15, -0.1) is 5.10 Å². The fourth-order valence-corrected chi connectivity index (χ4v) is 4.14. The van der Waals surface area contributed by atoms with E-state index in [-0.39, 0.29) is 5.91 Å². The number of amides is 1. The highest BCUT2D eigenvalue weighted by Gasteiger charge is 2.26. The molecule has 0 saturated carbocycles. The standard InChI is InChI=1S/C18H22N6OS/c1-11-4-3-5-14-16(11)21-17(20-14)13-6-8-24(9-7-13)15(25)10-26-18-19-12(2)22-23-18/h3-5,13H,6-10H2,1-2H3,(H,20,21)(H,19,22,23). The number of rotatable bonds is 4. The molecule has 0 aliphatic carbocycles. The molecule has 4 rings (SSSR count). The average Bonchev–Trinajstić information content (AvgIpc) is 3.27. The van der Waals surface area contributed by atoms with Gasteiger partial charge in [-0.05, 0) is 38.3 Å². The normalized spacial score (nSPS) is 15.7. The number of para-hydroxylation sites is 1. The van der Waals surface area contributed by atoms with Crippen LogP contribution in [0.5, 0.6) is 0 Å². The Morgan fingerprint density at radius 3 is 2.77 bits per heavy atom. The van der Waals surface area contributed by atoms with Crippen molar-refractivity contribution in [1.82, 2.24) is 30.0 Å². The molecule has 8 heteroatoms. The van der Waals surface area contributed by atoms with Crippen molar-refractivity contribution in [1.29, 1.82) is 0 Å². The van der Waals surface area contributed by atoms with Crippen LogP contribution in [0.15, 0.2) is 23.4 Å². The lowest BCUT2D eigenvalue weighted by Crippen LogP contribution is -2.39. The Balaban J connectivity index is 1.34. The number of hydrogen-bond acceptors (Lipinski definition) is 5. The highest BCUT2D eigenvalue weighted by atomic mass is 32.2. The van der Waals surface area contributed by atoms with Gasteiger partial charge in [0.25, 0.3) is 0 Å². The van der Waals surface area contributed by atoms with Gasteiger partial charge < -0.3 is 9.88 Å². The maximum Gasteiger partial charge on any atom is 0.233 e. The van der Waals surface area contributed by atoms with E-state index in [2.05, 4.69) is 39.2 Å². The number of benzene rings is 1. The van der Waals surface area contributed by atoms with Crippen molar-refractivity contribution in [3.8, 4) is 0 Å². The Morgan fingerprint density at radius 2 is 2.08 bits per heavy atom. The molecule has 1 fully saturated rings. The summed E-state index contributed by atoms with van der Waals surface area (Å²) in [4.78, 5) is 26.8. The topological polar surface area (TPSA) is 90.6 Å². The number of carbonyl (C=O) groups is 1. The largest absolute Gasteiger partial charge is 0.342 e. The van der Waals surface area contributed by atoms with Crippen molar-refractivity contribution in [2.24, 2.45) is 0 Å². The maximum atomic E-state index is 12.4. The third kappa shape index (κ3) is 3.46. The molecule has 0 atom stereocenters. The second-order valence-electron chi connectivity index (χ2n) is 6.74. The van der Waals surface area contributed by atoms with Gasteiger partial charge in [0.15, 0.2) is 0 Å². The average molecular weight is 370 g/mol. The van der Waals surface area contributed by atoms with E-state index in [0.717, 1.165) is 48.6 Å². The number of H-pyrrole nitrogens is 2. The summed E-state index contributed by atoms with van der Waals surface area (Å²) < 4.78 is 0. The number of fused-ring (bicyclic) bond motifs is 1. The number of aromatic nitrogens is 5. The van der Waals surface area contributed by atoms with Crippen molar-refractivity contribution >= 4 is 28.7 Å². The lowest BCUT2D eigenvalue weighted by molar-refractivity contribution is -0.129. The SMILES string of the molecule is Cc1nc(SCC(=O)N2CCC(c3nc4c(C)cccc4[nH]3)CC2)n[nH]1. The summed E-state index contributed by atoms with van der Waals surface area (Å²) in [5.41, 5.74) is 3.34. The first kappa shape index (κ1) is 17.1. The lowest BCUT2D eigenvalue weighted by atomic mass is 9.96. The van der Waals surface area contributed by atoms with Crippen LogP contribution in [0.25, 0.3) is 11.0 Å². The molecule has 1 amide bonds. The summed E-state index contributed by atoms with van der Waals surface area (Å²) in [6, 6.07) is 6.20. The fourth-order valence-electron chi connectivity index (χ4n) is 3.39. The van der Waals surface area contributed by atoms with Crippen LogP contribution in [0.4, 0.5) is 0 Å².